The molecule has 0 amide bonds. The van der Waals surface area contributed by atoms with Crippen LogP contribution in [0.25, 0.3) is 11.1 Å². The van der Waals surface area contributed by atoms with Gasteiger partial charge in [-0.05, 0) is 29.8 Å². The minimum absolute atomic E-state index is 0.848. The normalized spacial score (nSPS) is 10.8. The maximum Gasteiger partial charge on any atom is 0.0806 e. The molecular weight excluding hydrogens is 368 g/mol. The summed E-state index contributed by atoms with van der Waals surface area (Å²) in [6.07, 6.45) is 0. The second kappa shape index (κ2) is 8.98. The Kier molecular flexibility index (Phi) is 5.97. The molecule has 0 saturated carbocycles. The van der Waals surface area contributed by atoms with Gasteiger partial charge >= 0.3 is 0 Å². The lowest BCUT2D eigenvalue weighted by molar-refractivity contribution is 1.00. The van der Waals surface area contributed by atoms with Gasteiger partial charge in [0.1, 0.15) is 0 Å². The highest BCUT2D eigenvalue weighted by Gasteiger charge is 2.15. The molecule has 1 heterocycles. The number of H-pyrrole nitrogens is 1. The molecule has 0 atom stereocenters. The van der Waals surface area contributed by atoms with Gasteiger partial charge in [0, 0.05) is 26.9 Å². The molecule has 0 unspecified atom stereocenters. The van der Waals surface area contributed by atoms with E-state index in [0.717, 1.165) is 17.2 Å². The summed E-state index contributed by atoms with van der Waals surface area (Å²) in [6, 6.07) is 31.6. The highest BCUT2D eigenvalue weighted by atomic mass is 32.2. The molecular formula is C23H20N2S2. The Balaban J connectivity index is 1.58. The molecule has 0 aliphatic carbocycles. The molecule has 134 valence electrons. The van der Waals surface area contributed by atoms with Gasteiger partial charge in [-0.25, -0.2) is 0 Å². The van der Waals surface area contributed by atoms with Crippen molar-refractivity contribution in [2.75, 3.05) is 0 Å². The summed E-state index contributed by atoms with van der Waals surface area (Å²) in [5.41, 5.74) is 4.75. The SMILES string of the molecule is c1ccc(SCc2n[nH]c(CSc3ccccc3)c2-c2ccccc2)cc1. The highest BCUT2D eigenvalue weighted by molar-refractivity contribution is 7.98. The van der Waals surface area contributed by atoms with E-state index in [1.807, 2.05) is 29.6 Å². The van der Waals surface area contributed by atoms with Crippen molar-refractivity contribution in [1.82, 2.24) is 10.2 Å². The standard InChI is InChI=1S/C23H20N2S2/c1-4-10-18(11-5-1)23-21(16-26-19-12-6-2-7-13-19)24-25-22(23)17-27-20-14-8-3-9-15-20/h1-15H,16-17H2,(H,24,25). The monoisotopic (exact) mass is 388 g/mol. The molecule has 1 aromatic heterocycles. The van der Waals surface area contributed by atoms with Crippen molar-refractivity contribution in [2.24, 2.45) is 0 Å². The molecule has 4 heteroatoms. The van der Waals surface area contributed by atoms with Gasteiger partial charge in [0.05, 0.1) is 11.4 Å². The van der Waals surface area contributed by atoms with E-state index in [1.165, 1.54) is 26.6 Å². The Hall–Kier alpha value is -2.43. The highest BCUT2D eigenvalue weighted by Crippen LogP contribution is 2.34. The Bertz CT molecular complexity index is 906. The van der Waals surface area contributed by atoms with E-state index in [0.29, 0.717) is 0 Å². The van der Waals surface area contributed by atoms with Crippen LogP contribution in [0.1, 0.15) is 11.4 Å². The van der Waals surface area contributed by atoms with Gasteiger partial charge in [0.25, 0.3) is 0 Å². The molecule has 0 bridgehead atoms. The number of hydrogen-bond donors (Lipinski definition) is 1. The average Bonchev–Trinajstić information content (AvgIpc) is 3.16. The maximum absolute atomic E-state index is 4.66. The van der Waals surface area contributed by atoms with Crippen molar-refractivity contribution < 1.29 is 0 Å². The molecule has 0 aliphatic rings. The molecule has 27 heavy (non-hydrogen) atoms. The summed E-state index contributed by atoms with van der Waals surface area (Å²) in [4.78, 5) is 2.53. The Morgan fingerprint density at radius 2 is 1.15 bits per heavy atom. The third kappa shape index (κ3) is 4.65. The number of aromatic amines is 1. The van der Waals surface area contributed by atoms with Crippen LogP contribution in [0.5, 0.6) is 0 Å². The van der Waals surface area contributed by atoms with Crippen LogP contribution in [0.4, 0.5) is 0 Å². The number of aromatic nitrogens is 2. The van der Waals surface area contributed by atoms with Crippen molar-refractivity contribution >= 4 is 23.5 Å². The summed E-state index contributed by atoms with van der Waals surface area (Å²) in [7, 11) is 0. The molecule has 4 rings (SSSR count). The van der Waals surface area contributed by atoms with Crippen LogP contribution in [-0.4, -0.2) is 10.2 Å². The van der Waals surface area contributed by atoms with Gasteiger partial charge in [0.15, 0.2) is 0 Å². The lowest BCUT2D eigenvalue weighted by Crippen LogP contribution is -1.89. The first-order chi connectivity index (χ1) is 13.4. The number of thioether (sulfide) groups is 2. The Morgan fingerprint density at radius 3 is 1.74 bits per heavy atom. The minimum Gasteiger partial charge on any atom is -0.281 e. The number of hydrogen-bond acceptors (Lipinski definition) is 3. The second-order valence-corrected chi connectivity index (χ2v) is 8.19. The molecule has 1 N–H and O–H groups in total. The van der Waals surface area contributed by atoms with E-state index in [2.05, 4.69) is 95.1 Å². The van der Waals surface area contributed by atoms with Crippen LogP contribution in [0.2, 0.25) is 0 Å². The minimum atomic E-state index is 0.848. The van der Waals surface area contributed by atoms with Gasteiger partial charge in [-0.15, -0.1) is 23.5 Å². The van der Waals surface area contributed by atoms with Crippen molar-refractivity contribution in [1.29, 1.82) is 0 Å². The first-order valence-electron chi connectivity index (χ1n) is 8.87. The molecule has 4 aromatic rings. The lowest BCUT2D eigenvalue weighted by Gasteiger charge is -2.07. The van der Waals surface area contributed by atoms with E-state index in [-0.39, 0.29) is 0 Å². The predicted octanol–water partition coefficient (Wildman–Crippen LogP) is 6.66. The quantitative estimate of drug-likeness (QED) is 0.359. The summed E-state index contributed by atoms with van der Waals surface area (Å²) in [5, 5.41) is 7.96. The summed E-state index contributed by atoms with van der Waals surface area (Å²) < 4.78 is 0. The molecule has 3 aromatic carbocycles. The predicted molar refractivity (Wildman–Crippen MR) is 116 cm³/mol. The van der Waals surface area contributed by atoms with Crippen LogP contribution in [0.3, 0.4) is 0 Å². The number of nitrogens with one attached hydrogen (secondary N) is 1. The lowest BCUT2D eigenvalue weighted by atomic mass is 10.0. The first kappa shape index (κ1) is 18.0. The van der Waals surface area contributed by atoms with Crippen molar-refractivity contribution in [3.05, 3.63) is 102 Å². The fourth-order valence-electron chi connectivity index (χ4n) is 2.92. The van der Waals surface area contributed by atoms with Gasteiger partial charge in [-0.3, -0.25) is 5.10 Å². The average molecular weight is 389 g/mol. The third-order valence-corrected chi connectivity index (χ3v) is 6.29. The van der Waals surface area contributed by atoms with Crippen LogP contribution >= 0.6 is 23.5 Å². The van der Waals surface area contributed by atoms with Crippen molar-refractivity contribution in [3.63, 3.8) is 0 Å². The van der Waals surface area contributed by atoms with Gasteiger partial charge < -0.3 is 0 Å². The van der Waals surface area contributed by atoms with Crippen molar-refractivity contribution in [2.45, 2.75) is 21.3 Å². The van der Waals surface area contributed by atoms with Gasteiger partial charge in [0.2, 0.25) is 0 Å². The largest absolute Gasteiger partial charge is 0.281 e. The third-order valence-electron chi connectivity index (χ3n) is 4.22. The van der Waals surface area contributed by atoms with Gasteiger partial charge in [-0.1, -0.05) is 66.7 Å². The topological polar surface area (TPSA) is 28.7 Å². The zero-order valence-electron chi connectivity index (χ0n) is 14.8. The van der Waals surface area contributed by atoms with E-state index >= 15 is 0 Å². The fourth-order valence-corrected chi connectivity index (χ4v) is 4.65. The summed E-state index contributed by atoms with van der Waals surface area (Å²) in [6.45, 7) is 0. The van der Waals surface area contributed by atoms with Gasteiger partial charge in [-0.2, -0.15) is 5.10 Å². The molecule has 0 aliphatic heterocycles. The molecule has 0 saturated heterocycles. The van der Waals surface area contributed by atoms with Crippen molar-refractivity contribution in [3.8, 4) is 11.1 Å². The number of nitrogens with zero attached hydrogens (tertiary/aromatic N) is 1. The maximum atomic E-state index is 4.66. The van der Waals surface area contributed by atoms with Crippen LogP contribution in [0.15, 0.2) is 101 Å². The van der Waals surface area contributed by atoms with E-state index in [4.69, 9.17) is 0 Å². The van der Waals surface area contributed by atoms with E-state index in [1.54, 1.807) is 0 Å². The Labute approximate surface area is 168 Å². The van der Waals surface area contributed by atoms with Crippen LogP contribution < -0.4 is 0 Å². The fraction of sp³-hybridized carbons (Fsp3) is 0.0870. The van der Waals surface area contributed by atoms with Crippen LogP contribution in [0, 0.1) is 0 Å². The number of benzene rings is 3. The van der Waals surface area contributed by atoms with E-state index in [9.17, 15) is 0 Å². The smallest absolute Gasteiger partial charge is 0.0806 e. The molecule has 0 fully saturated rings. The second-order valence-electron chi connectivity index (χ2n) is 6.09. The van der Waals surface area contributed by atoms with E-state index < -0.39 is 0 Å². The summed E-state index contributed by atoms with van der Waals surface area (Å²) in [5.74, 6) is 1.72. The Morgan fingerprint density at radius 1 is 0.630 bits per heavy atom. The zero-order chi connectivity index (χ0) is 18.3. The molecule has 0 radical (unpaired) electrons. The summed E-state index contributed by atoms with van der Waals surface area (Å²) >= 11 is 3.65. The number of rotatable bonds is 7. The van der Waals surface area contributed by atoms with Crippen LogP contribution in [-0.2, 0) is 11.5 Å². The first-order valence-corrected chi connectivity index (χ1v) is 10.8. The zero-order valence-corrected chi connectivity index (χ0v) is 16.5. The molecule has 0 spiro atoms. The molecule has 2 nitrogen and oxygen atoms in total.